The van der Waals surface area contributed by atoms with Gasteiger partial charge >= 0.3 is 0 Å². The van der Waals surface area contributed by atoms with E-state index in [-0.39, 0.29) is 5.82 Å². The molecule has 1 aromatic rings. The minimum atomic E-state index is -0.0578. The average Bonchev–Trinajstić information content (AvgIpc) is 2.81. The molecule has 2 aliphatic heterocycles. The van der Waals surface area contributed by atoms with Gasteiger partial charge < -0.3 is 5.32 Å². The summed E-state index contributed by atoms with van der Waals surface area (Å²) in [7, 11) is 0. The van der Waals surface area contributed by atoms with E-state index in [0.29, 0.717) is 5.41 Å². The van der Waals surface area contributed by atoms with Crippen molar-refractivity contribution >= 4 is 15.9 Å². The fourth-order valence-corrected chi connectivity index (χ4v) is 3.90. The van der Waals surface area contributed by atoms with Gasteiger partial charge in [-0.25, -0.2) is 4.39 Å². The number of fused-ring (bicyclic) bond motifs is 1. The Balaban J connectivity index is 1.77. The van der Waals surface area contributed by atoms with Crippen molar-refractivity contribution in [2.45, 2.75) is 26.3 Å². The van der Waals surface area contributed by atoms with Crippen molar-refractivity contribution in [3.05, 3.63) is 33.5 Å². The highest BCUT2D eigenvalue weighted by atomic mass is 79.9. The summed E-state index contributed by atoms with van der Waals surface area (Å²) in [6, 6.07) is 3.40. The smallest absolute Gasteiger partial charge is 0.128 e. The number of nitrogens with zero attached hydrogens (tertiary/aromatic N) is 1. The highest BCUT2D eigenvalue weighted by molar-refractivity contribution is 9.10. The third-order valence-electron chi connectivity index (χ3n) is 4.44. The standard InChI is InChI=1S/C15H20BrFN2/c1-15(5-6-18-9-15)10-19-7-4-11-12(8-19)14(17)3-2-13(11)16/h2-3,18H,4-10H2,1H3. The van der Waals surface area contributed by atoms with Crippen LogP contribution < -0.4 is 5.32 Å². The maximum Gasteiger partial charge on any atom is 0.128 e. The summed E-state index contributed by atoms with van der Waals surface area (Å²) in [5.74, 6) is -0.0578. The predicted molar refractivity (Wildman–Crippen MR) is 78.7 cm³/mol. The Morgan fingerprint density at radius 2 is 2.26 bits per heavy atom. The maximum atomic E-state index is 14.0. The predicted octanol–water partition coefficient (Wildman–Crippen LogP) is 2.95. The summed E-state index contributed by atoms with van der Waals surface area (Å²) in [6.45, 7) is 7.37. The van der Waals surface area contributed by atoms with Crippen LogP contribution in [0.25, 0.3) is 0 Å². The molecular formula is C15H20BrFN2. The van der Waals surface area contributed by atoms with Crippen molar-refractivity contribution in [2.24, 2.45) is 5.41 Å². The molecule has 4 heteroatoms. The van der Waals surface area contributed by atoms with Crippen molar-refractivity contribution in [1.82, 2.24) is 10.2 Å². The van der Waals surface area contributed by atoms with E-state index >= 15 is 0 Å². The maximum absolute atomic E-state index is 14.0. The lowest BCUT2D eigenvalue weighted by Crippen LogP contribution is -2.40. The second-order valence-electron chi connectivity index (χ2n) is 6.18. The van der Waals surface area contributed by atoms with Gasteiger partial charge in [0.25, 0.3) is 0 Å². The van der Waals surface area contributed by atoms with Crippen LogP contribution in [0.1, 0.15) is 24.5 Å². The molecule has 0 radical (unpaired) electrons. The Hall–Kier alpha value is -0.450. The van der Waals surface area contributed by atoms with Crippen LogP contribution in [-0.4, -0.2) is 31.1 Å². The molecule has 0 aromatic heterocycles. The highest BCUT2D eigenvalue weighted by Crippen LogP contribution is 2.32. The van der Waals surface area contributed by atoms with Gasteiger partial charge in [-0.15, -0.1) is 0 Å². The molecular weight excluding hydrogens is 307 g/mol. The SMILES string of the molecule is CC1(CN2CCc3c(Br)ccc(F)c3C2)CCNC1. The van der Waals surface area contributed by atoms with E-state index in [1.807, 2.05) is 6.07 Å². The molecule has 104 valence electrons. The van der Waals surface area contributed by atoms with Crippen LogP contribution in [0.2, 0.25) is 0 Å². The summed E-state index contributed by atoms with van der Waals surface area (Å²) in [5.41, 5.74) is 2.39. The minimum absolute atomic E-state index is 0.0578. The number of halogens is 2. The van der Waals surface area contributed by atoms with E-state index in [4.69, 9.17) is 0 Å². The normalized spacial score (nSPS) is 27.5. The first-order valence-corrected chi connectivity index (χ1v) is 7.76. The van der Waals surface area contributed by atoms with Gasteiger partial charge in [0.05, 0.1) is 0 Å². The van der Waals surface area contributed by atoms with Crippen LogP contribution in [0.4, 0.5) is 4.39 Å². The van der Waals surface area contributed by atoms with Crippen molar-refractivity contribution in [2.75, 3.05) is 26.2 Å². The molecule has 1 atom stereocenters. The number of rotatable bonds is 2. The molecule has 2 nitrogen and oxygen atoms in total. The van der Waals surface area contributed by atoms with Gasteiger partial charge in [0, 0.05) is 36.2 Å². The van der Waals surface area contributed by atoms with Gasteiger partial charge in [0.15, 0.2) is 0 Å². The molecule has 2 aliphatic rings. The van der Waals surface area contributed by atoms with Gasteiger partial charge in [-0.1, -0.05) is 22.9 Å². The molecule has 1 N–H and O–H groups in total. The summed E-state index contributed by atoms with van der Waals surface area (Å²) < 4.78 is 15.0. The summed E-state index contributed by atoms with van der Waals surface area (Å²) in [6.07, 6.45) is 2.16. The Bertz CT molecular complexity index is 483. The molecule has 1 saturated heterocycles. The fourth-order valence-electron chi connectivity index (χ4n) is 3.33. The van der Waals surface area contributed by atoms with Gasteiger partial charge in [0.1, 0.15) is 5.82 Å². The lowest BCUT2D eigenvalue weighted by molar-refractivity contribution is 0.162. The number of benzene rings is 1. The first kappa shape index (κ1) is 13.5. The van der Waals surface area contributed by atoms with E-state index < -0.39 is 0 Å². The van der Waals surface area contributed by atoms with Crippen molar-refractivity contribution < 1.29 is 4.39 Å². The highest BCUT2D eigenvalue weighted by Gasteiger charge is 2.32. The molecule has 0 aliphatic carbocycles. The summed E-state index contributed by atoms with van der Waals surface area (Å²) in [5, 5.41) is 3.43. The van der Waals surface area contributed by atoms with Crippen molar-refractivity contribution in [3.8, 4) is 0 Å². The first-order valence-electron chi connectivity index (χ1n) is 6.96. The van der Waals surface area contributed by atoms with E-state index in [1.54, 1.807) is 6.07 Å². The summed E-state index contributed by atoms with van der Waals surface area (Å²) >= 11 is 3.54. The van der Waals surface area contributed by atoms with Crippen LogP contribution in [0, 0.1) is 11.2 Å². The Morgan fingerprint density at radius 3 is 3.00 bits per heavy atom. The third-order valence-corrected chi connectivity index (χ3v) is 5.18. The van der Waals surface area contributed by atoms with Crippen molar-refractivity contribution in [1.29, 1.82) is 0 Å². The van der Waals surface area contributed by atoms with E-state index in [0.717, 1.165) is 54.7 Å². The number of hydrogen-bond acceptors (Lipinski definition) is 2. The molecule has 0 saturated carbocycles. The first-order chi connectivity index (χ1) is 9.07. The zero-order chi connectivity index (χ0) is 13.5. The van der Waals surface area contributed by atoms with Gasteiger partial charge in [-0.3, -0.25) is 4.90 Å². The van der Waals surface area contributed by atoms with E-state index in [9.17, 15) is 4.39 Å². The zero-order valence-electron chi connectivity index (χ0n) is 11.3. The lowest BCUT2D eigenvalue weighted by Gasteiger charge is -2.35. The van der Waals surface area contributed by atoms with Gasteiger partial charge in [-0.05, 0) is 42.5 Å². The monoisotopic (exact) mass is 326 g/mol. The van der Waals surface area contributed by atoms with Crippen LogP contribution in [-0.2, 0) is 13.0 Å². The van der Waals surface area contributed by atoms with E-state index in [1.165, 1.54) is 6.42 Å². The topological polar surface area (TPSA) is 15.3 Å². The molecule has 0 spiro atoms. The van der Waals surface area contributed by atoms with Gasteiger partial charge in [-0.2, -0.15) is 0 Å². The molecule has 1 aromatic carbocycles. The molecule has 19 heavy (non-hydrogen) atoms. The van der Waals surface area contributed by atoms with Crippen molar-refractivity contribution in [3.63, 3.8) is 0 Å². The molecule has 1 unspecified atom stereocenters. The fraction of sp³-hybridized carbons (Fsp3) is 0.600. The second kappa shape index (κ2) is 5.15. The third kappa shape index (κ3) is 2.71. The quantitative estimate of drug-likeness (QED) is 0.898. The van der Waals surface area contributed by atoms with Crippen LogP contribution in [0.3, 0.4) is 0 Å². The van der Waals surface area contributed by atoms with Crippen LogP contribution >= 0.6 is 15.9 Å². The Morgan fingerprint density at radius 1 is 1.42 bits per heavy atom. The average molecular weight is 327 g/mol. The lowest BCUT2D eigenvalue weighted by atomic mass is 9.88. The zero-order valence-corrected chi connectivity index (χ0v) is 12.9. The van der Waals surface area contributed by atoms with E-state index in [2.05, 4.69) is 33.1 Å². The molecule has 3 rings (SSSR count). The molecule has 0 bridgehead atoms. The Labute approximate surface area is 122 Å². The van der Waals surface area contributed by atoms with Crippen LogP contribution in [0.15, 0.2) is 16.6 Å². The summed E-state index contributed by atoms with van der Waals surface area (Å²) in [4.78, 5) is 2.41. The van der Waals surface area contributed by atoms with Gasteiger partial charge in [0.2, 0.25) is 0 Å². The minimum Gasteiger partial charge on any atom is -0.316 e. The number of nitrogens with one attached hydrogen (secondary N) is 1. The number of hydrogen-bond donors (Lipinski definition) is 1. The molecule has 2 heterocycles. The molecule has 1 fully saturated rings. The Kier molecular flexibility index (Phi) is 3.67. The molecule has 0 amide bonds. The second-order valence-corrected chi connectivity index (χ2v) is 7.04. The van der Waals surface area contributed by atoms with Crippen LogP contribution in [0.5, 0.6) is 0 Å². The largest absolute Gasteiger partial charge is 0.316 e.